The number of phosphoric acid groups is 1. The van der Waals surface area contributed by atoms with Gasteiger partial charge in [-0.05, 0) is 37.7 Å². The smallest absolute Gasteiger partial charge is 0.130 e. The van der Waals surface area contributed by atoms with Crippen LogP contribution in [-0.2, 0) is 13.8 Å². The standard InChI is InChI=1S/C22H38N3O8P/c23-16-9-8-14-7-6-11-21(24-16)10-4-2-1-3-5-12-22(14,25-20(21)28)19-18(27)17(26)15(33-19)13-32-34(29,30)31/h8-9,14-15,17-20,25-28H,1-7,10-13H2,(H2,23,24)(H2,29,30,31)/p-2/b9-8-. The summed E-state index contributed by atoms with van der Waals surface area (Å²) in [5.41, 5.74) is 4.41. The van der Waals surface area contributed by atoms with Gasteiger partial charge in [0.1, 0.15) is 42.0 Å². The zero-order valence-electron chi connectivity index (χ0n) is 19.3. The number of nitrogens with two attached hydrogens (primary N) is 1. The minimum absolute atomic E-state index is 0.218. The van der Waals surface area contributed by atoms with E-state index in [1.807, 2.05) is 6.08 Å². The fourth-order valence-corrected chi connectivity index (χ4v) is 6.61. The molecule has 5 rings (SSSR count). The maximum Gasteiger partial charge on any atom is 0.130 e. The van der Waals surface area contributed by atoms with Crippen LogP contribution in [0.1, 0.15) is 64.2 Å². The largest absolute Gasteiger partial charge is 0.790 e. The number of nitrogens with one attached hydrogen (secondary N) is 1. The number of nitrogens with zero attached hydrogens (tertiary/aromatic N) is 1. The van der Waals surface area contributed by atoms with Gasteiger partial charge < -0.3 is 44.7 Å². The molecule has 0 aromatic rings. The molecule has 0 saturated carbocycles. The first-order valence-corrected chi connectivity index (χ1v) is 13.7. The molecule has 0 amide bonds. The van der Waals surface area contributed by atoms with Crippen molar-refractivity contribution in [3.05, 3.63) is 12.2 Å². The number of aliphatic hydroxyl groups is 3. The van der Waals surface area contributed by atoms with Gasteiger partial charge in [0, 0.05) is 0 Å². The Hall–Kier alpha value is -0.880. The van der Waals surface area contributed by atoms with Crippen LogP contribution < -0.4 is 20.8 Å². The van der Waals surface area contributed by atoms with Gasteiger partial charge in [-0.25, -0.2) is 0 Å². The number of aliphatic imine (C=N–C) groups is 1. The number of fused-ring (bicyclic) bond motifs is 3. The third-order valence-electron chi connectivity index (χ3n) is 8.02. The Morgan fingerprint density at radius 2 is 1.79 bits per heavy atom. The van der Waals surface area contributed by atoms with Crippen molar-refractivity contribution in [2.75, 3.05) is 6.61 Å². The third kappa shape index (κ3) is 5.28. The van der Waals surface area contributed by atoms with E-state index >= 15 is 0 Å². The minimum Gasteiger partial charge on any atom is -0.790 e. The van der Waals surface area contributed by atoms with E-state index in [1.54, 1.807) is 6.08 Å². The maximum atomic E-state index is 11.6. The highest BCUT2D eigenvalue weighted by atomic mass is 31.2. The molecule has 5 aliphatic heterocycles. The lowest BCUT2D eigenvalue weighted by Crippen LogP contribution is -2.69. The van der Waals surface area contributed by atoms with Crippen molar-refractivity contribution in [1.82, 2.24) is 5.32 Å². The number of ether oxygens (including phenoxy) is 1. The first kappa shape index (κ1) is 26.2. The van der Waals surface area contributed by atoms with Gasteiger partial charge in [-0.3, -0.25) is 10.3 Å². The molecule has 3 bridgehead atoms. The number of hydrogen-bond acceptors (Lipinski definition) is 11. The van der Waals surface area contributed by atoms with Crippen LogP contribution in [0, 0.1) is 5.92 Å². The highest BCUT2D eigenvalue weighted by Gasteiger charge is 2.58. The first-order chi connectivity index (χ1) is 16.1. The molecule has 8 unspecified atom stereocenters. The predicted octanol–water partition coefficient (Wildman–Crippen LogP) is -0.822. The van der Waals surface area contributed by atoms with Gasteiger partial charge in [-0.2, -0.15) is 0 Å². The predicted molar refractivity (Wildman–Crippen MR) is 119 cm³/mol. The van der Waals surface area contributed by atoms with Crippen LogP contribution >= 0.6 is 7.82 Å². The van der Waals surface area contributed by atoms with E-state index in [0.717, 1.165) is 44.9 Å². The molecule has 8 atom stereocenters. The Morgan fingerprint density at radius 3 is 2.53 bits per heavy atom. The Balaban J connectivity index is 1.75. The van der Waals surface area contributed by atoms with Gasteiger partial charge in [0.2, 0.25) is 0 Å². The fraction of sp³-hybridized carbons (Fsp3) is 0.864. The van der Waals surface area contributed by atoms with Gasteiger partial charge in [0.15, 0.2) is 0 Å². The quantitative estimate of drug-likeness (QED) is 0.304. The van der Waals surface area contributed by atoms with Crippen LogP contribution in [0.4, 0.5) is 0 Å². The molecule has 12 heteroatoms. The summed E-state index contributed by atoms with van der Waals surface area (Å²) in [5.74, 6) is 0.117. The van der Waals surface area contributed by atoms with Crippen molar-refractivity contribution in [3.8, 4) is 0 Å². The van der Waals surface area contributed by atoms with Crippen molar-refractivity contribution in [2.45, 2.75) is 106 Å². The van der Waals surface area contributed by atoms with Crippen molar-refractivity contribution in [1.29, 1.82) is 0 Å². The minimum atomic E-state index is -5.28. The average molecular weight is 502 g/mol. The van der Waals surface area contributed by atoms with Gasteiger partial charge in [-0.1, -0.05) is 44.6 Å². The first-order valence-electron chi connectivity index (χ1n) is 12.2. The fourth-order valence-electron chi connectivity index (χ4n) is 6.28. The topological polar surface area (TPSA) is 193 Å². The van der Waals surface area contributed by atoms with E-state index in [2.05, 4.69) is 9.84 Å². The second kappa shape index (κ2) is 10.2. The molecule has 194 valence electrons. The molecular weight excluding hydrogens is 465 g/mol. The van der Waals surface area contributed by atoms with Crippen molar-refractivity contribution < 1.29 is 38.9 Å². The Bertz CT molecular complexity index is 837. The summed E-state index contributed by atoms with van der Waals surface area (Å²) in [5, 5.41) is 36.7. The summed E-state index contributed by atoms with van der Waals surface area (Å²) in [4.78, 5) is 26.7. The summed E-state index contributed by atoms with van der Waals surface area (Å²) in [6.07, 6.45) is 5.61. The Labute approximate surface area is 199 Å². The molecule has 0 radical (unpaired) electrons. The highest BCUT2D eigenvalue weighted by Crippen LogP contribution is 2.45. The van der Waals surface area contributed by atoms with Crippen molar-refractivity contribution >= 4 is 13.7 Å². The maximum absolute atomic E-state index is 11.6. The van der Waals surface area contributed by atoms with Gasteiger partial charge in [0.25, 0.3) is 0 Å². The molecule has 3 fully saturated rings. The summed E-state index contributed by atoms with van der Waals surface area (Å²) < 4.78 is 21.4. The van der Waals surface area contributed by atoms with E-state index in [9.17, 15) is 29.7 Å². The van der Waals surface area contributed by atoms with Crippen LogP contribution in [0.5, 0.6) is 0 Å². The summed E-state index contributed by atoms with van der Waals surface area (Å²) in [7, 11) is -5.28. The van der Waals surface area contributed by atoms with Crippen LogP contribution in [0.25, 0.3) is 0 Å². The molecule has 5 heterocycles. The second-order valence-corrected chi connectivity index (χ2v) is 11.3. The van der Waals surface area contributed by atoms with Crippen LogP contribution in [0.15, 0.2) is 17.1 Å². The number of aliphatic hydroxyl groups excluding tert-OH is 3. The molecule has 3 saturated heterocycles. The number of amidine groups is 1. The number of rotatable bonds is 4. The van der Waals surface area contributed by atoms with E-state index in [4.69, 9.17) is 15.5 Å². The van der Waals surface area contributed by atoms with Gasteiger partial charge in [0.05, 0.1) is 20.0 Å². The van der Waals surface area contributed by atoms with Crippen molar-refractivity contribution in [3.63, 3.8) is 0 Å². The molecule has 6 N–H and O–H groups in total. The molecule has 34 heavy (non-hydrogen) atoms. The SMILES string of the molecule is NC1=NC23CCCCCCCC(C4OC(COP(=O)([O-])[O-])C(O)C4O)(NC2O)C(/C=C\1)CCC3. The van der Waals surface area contributed by atoms with E-state index in [1.165, 1.54) is 0 Å². The van der Waals surface area contributed by atoms with E-state index < -0.39 is 56.2 Å². The van der Waals surface area contributed by atoms with Gasteiger partial charge >= 0.3 is 0 Å². The molecular formula is C22H36N3O8P-2. The van der Waals surface area contributed by atoms with Crippen molar-refractivity contribution in [2.24, 2.45) is 16.6 Å². The van der Waals surface area contributed by atoms with Crippen LogP contribution in [0.3, 0.4) is 0 Å². The molecule has 5 aliphatic rings. The molecule has 0 aliphatic carbocycles. The Morgan fingerprint density at radius 1 is 1.12 bits per heavy atom. The second-order valence-electron chi connectivity index (χ2n) is 10.2. The zero-order valence-corrected chi connectivity index (χ0v) is 20.1. The van der Waals surface area contributed by atoms with E-state index in [-0.39, 0.29) is 5.92 Å². The highest BCUT2D eigenvalue weighted by molar-refractivity contribution is 7.43. The molecule has 1 spiro atoms. The summed E-state index contributed by atoms with van der Waals surface area (Å²) in [6, 6.07) is 0. The summed E-state index contributed by atoms with van der Waals surface area (Å²) in [6.45, 7) is -0.696. The average Bonchev–Trinajstić information content (AvgIpc) is 3.09. The van der Waals surface area contributed by atoms with E-state index in [0.29, 0.717) is 25.1 Å². The van der Waals surface area contributed by atoms with Gasteiger partial charge in [-0.15, -0.1) is 0 Å². The lowest BCUT2D eigenvalue weighted by molar-refractivity contribution is -0.343. The normalized spacial score (nSPS) is 44.9. The number of hydrogen-bond donors (Lipinski definition) is 5. The van der Waals surface area contributed by atoms with Crippen LogP contribution in [0.2, 0.25) is 0 Å². The van der Waals surface area contributed by atoms with Crippen LogP contribution in [-0.4, -0.2) is 69.5 Å². The third-order valence-corrected chi connectivity index (χ3v) is 8.48. The lowest BCUT2D eigenvalue weighted by atomic mass is 9.68. The summed E-state index contributed by atoms with van der Waals surface area (Å²) >= 11 is 0. The molecule has 11 nitrogen and oxygen atoms in total. The zero-order chi connectivity index (χ0) is 24.6. The molecule has 0 aromatic heterocycles. The lowest BCUT2D eigenvalue weighted by Gasteiger charge is -2.51. The number of phosphoric ester groups is 1. The Kier molecular flexibility index (Phi) is 7.89. The monoisotopic (exact) mass is 501 g/mol. The molecule has 0 aromatic carbocycles.